The van der Waals surface area contributed by atoms with Crippen LogP contribution in [0, 0.1) is 5.92 Å². The Kier molecular flexibility index (Phi) is 9.04. The summed E-state index contributed by atoms with van der Waals surface area (Å²) in [6.07, 6.45) is 1.64. The molecule has 7 rings (SSSR count). The molecule has 12 heteroatoms. The van der Waals surface area contributed by atoms with E-state index in [2.05, 4.69) is 10.6 Å². The number of hydrogen-bond acceptors (Lipinski definition) is 9. The zero-order valence-electron chi connectivity index (χ0n) is 26.0. The lowest BCUT2D eigenvalue weighted by Crippen LogP contribution is -2.45. The average Bonchev–Trinajstić information content (AvgIpc) is 3.83. The van der Waals surface area contributed by atoms with E-state index in [4.69, 9.17) is 28.4 Å². The minimum Gasteiger partial charge on any atom is -0.493 e. The predicted octanol–water partition coefficient (Wildman–Crippen LogP) is 3.21. The molecule has 12 nitrogen and oxygen atoms in total. The summed E-state index contributed by atoms with van der Waals surface area (Å²) in [7, 11) is 4.44. The van der Waals surface area contributed by atoms with Crippen molar-refractivity contribution < 1.29 is 42.8 Å². The van der Waals surface area contributed by atoms with Gasteiger partial charge in [-0.1, -0.05) is 12.1 Å². The number of carbonyl (C=O) groups excluding carboxylic acids is 3. The maximum atomic E-state index is 13.9. The van der Waals surface area contributed by atoms with E-state index in [1.807, 2.05) is 12.1 Å². The molecule has 4 aliphatic rings. The molecule has 0 spiro atoms. The fraction of sp³-hybridized carbons (Fsp3) is 0.382. The van der Waals surface area contributed by atoms with Crippen LogP contribution in [0.1, 0.15) is 39.1 Å². The highest BCUT2D eigenvalue weighted by molar-refractivity contribution is 5.99. The zero-order valence-corrected chi connectivity index (χ0v) is 26.0. The second-order valence-corrected chi connectivity index (χ2v) is 11.5. The van der Waals surface area contributed by atoms with Crippen LogP contribution in [0.4, 0.5) is 0 Å². The van der Waals surface area contributed by atoms with Crippen LogP contribution in [0.15, 0.2) is 54.6 Å². The van der Waals surface area contributed by atoms with E-state index in [-0.39, 0.29) is 42.8 Å². The van der Waals surface area contributed by atoms with Crippen LogP contribution in [0.2, 0.25) is 0 Å². The molecule has 3 aromatic carbocycles. The van der Waals surface area contributed by atoms with Gasteiger partial charge >= 0.3 is 0 Å². The van der Waals surface area contributed by atoms with Gasteiger partial charge in [-0.05, 0) is 60.7 Å². The molecule has 0 radical (unpaired) electrons. The molecular formula is C34H37N3O9. The van der Waals surface area contributed by atoms with Gasteiger partial charge in [-0.25, -0.2) is 0 Å². The molecule has 0 unspecified atom stereocenters. The van der Waals surface area contributed by atoms with Crippen molar-refractivity contribution in [3.8, 4) is 34.5 Å². The Balaban J connectivity index is 1.30. The maximum Gasteiger partial charge on any atom is 0.258 e. The van der Waals surface area contributed by atoms with Crippen LogP contribution >= 0.6 is 0 Å². The standard InChI is InChI=1S/C34H37N3O9/c1-41-28-11-10-26(31(42-2)32(28)43-3)34(40)37-16-27-29(17-37)46-23-8-6-20(7-9-23)15-35-30(38)19-45-25-13-22(33(39)36-27)12-24(14-25)44-18-21-4-5-21/h6-14,21,27,29H,4-5,15-19H2,1-3H3,(H,35,38)(H,36,39)/t27-,29-/m0/s1. The molecule has 2 fully saturated rings. The number of rotatable bonds is 7. The molecule has 3 heterocycles. The minimum atomic E-state index is -0.578. The molecule has 1 saturated heterocycles. The predicted molar refractivity (Wildman–Crippen MR) is 166 cm³/mol. The highest BCUT2D eigenvalue weighted by Gasteiger charge is 2.39. The number of ether oxygens (including phenoxy) is 6. The summed E-state index contributed by atoms with van der Waals surface area (Å²) in [6.45, 7) is 0.982. The number of nitrogens with one attached hydrogen (secondary N) is 2. The van der Waals surface area contributed by atoms with Crippen LogP contribution < -0.4 is 39.1 Å². The highest BCUT2D eigenvalue weighted by atomic mass is 16.5. The molecule has 4 bridgehead atoms. The van der Waals surface area contributed by atoms with Crippen LogP contribution in [-0.2, 0) is 11.3 Å². The van der Waals surface area contributed by atoms with Gasteiger partial charge < -0.3 is 44.0 Å². The fourth-order valence-electron chi connectivity index (χ4n) is 5.52. The van der Waals surface area contributed by atoms with Crippen molar-refractivity contribution in [1.82, 2.24) is 15.5 Å². The van der Waals surface area contributed by atoms with Gasteiger partial charge in [0.15, 0.2) is 18.1 Å². The Morgan fingerprint density at radius 2 is 1.70 bits per heavy atom. The SMILES string of the molecule is COc1ccc(C(=O)N2C[C@@H]3NC(=O)c4cc(cc(OCC5CC5)c4)OCC(=O)NCc4ccc(cc4)O[C@H]3C2)c(OC)c1OC. The number of amides is 3. The lowest BCUT2D eigenvalue weighted by molar-refractivity contribution is -0.123. The molecule has 0 aromatic heterocycles. The van der Waals surface area contributed by atoms with Crippen molar-refractivity contribution >= 4 is 17.7 Å². The van der Waals surface area contributed by atoms with Gasteiger partial charge in [0, 0.05) is 24.7 Å². The molecule has 2 N–H and O–H groups in total. The zero-order chi connectivity index (χ0) is 32.2. The van der Waals surface area contributed by atoms with Crippen LogP contribution in [0.5, 0.6) is 34.5 Å². The Morgan fingerprint density at radius 1 is 0.913 bits per heavy atom. The van der Waals surface area contributed by atoms with E-state index < -0.39 is 18.1 Å². The Hall–Kier alpha value is -5.13. The van der Waals surface area contributed by atoms with E-state index >= 15 is 0 Å². The molecule has 46 heavy (non-hydrogen) atoms. The van der Waals surface area contributed by atoms with Crippen LogP contribution in [0.3, 0.4) is 0 Å². The van der Waals surface area contributed by atoms with E-state index in [0.717, 1.165) is 18.4 Å². The smallest absolute Gasteiger partial charge is 0.258 e. The Morgan fingerprint density at radius 3 is 2.41 bits per heavy atom. The molecule has 1 saturated carbocycles. The number of fused-ring (bicyclic) bond motifs is 7. The van der Waals surface area contributed by atoms with Crippen molar-refractivity contribution in [3.05, 3.63) is 71.3 Å². The summed E-state index contributed by atoms with van der Waals surface area (Å²) in [5.41, 5.74) is 1.45. The summed E-state index contributed by atoms with van der Waals surface area (Å²) in [5, 5.41) is 5.91. The Bertz CT molecular complexity index is 1610. The van der Waals surface area contributed by atoms with E-state index in [9.17, 15) is 14.4 Å². The number of likely N-dealkylation sites (tertiary alicyclic amines) is 1. The molecule has 242 valence electrons. The normalized spacial score (nSPS) is 19.5. The van der Waals surface area contributed by atoms with Gasteiger partial charge in [-0.2, -0.15) is 0 Å². The van der Waals surface area contributed by atoms with Crippen molar-refractivity contribution in [2.75, 3.05) is 47.6 Å². The van der Waals surface area contributed by atoms with Gasteiger partial charge in [-0.3, -0.25) is 14.4 Å². The number of carbonyl (C=O) groups is 3. The van der Waals surface area contributed by atoms with Gasteiger partial charge in [-0.15, -0.1) is 0 Å². The van der Waals surface area contributed by atoms with Gasteiger partial charge in [0.25, 0.3) is 17.7 Å². The molecule has 3 aliphatic heterocycles. The maximum absolute atomic E-state index is 13.9. The molecule has 2 atom stereocenters. The minimum absolute atomic E-state index is 0.171. The lowest BCUT2D eigenvalue weighted by Gasteiger charge is -2.21. The van der Waals surface area contributed by atoms with E-state index in [1.54, 1.807) is 47.4 Å². The molecular weight excluding hydrogens is 594 g/mol. The summed E-state index contributed by atoms with van der Waals surface area (Å²) in [5.74, 6) is 1.82. The molecule has 3 aromatic rings. The molecule has 1 aliphatic carbocycles. The van der Waals surface area contributed by atoms with Crippen molar-refractivity contribution in [1.29, 1.82) is 0 Å². The number of hydrogen-bond donors (Lipinski definition) is 2. The largest absolute Gasteiger partial charge is 0.493 e. The third-order valence-corrected chi connectivity index (χ3v) is 8.20. The molecule has 3 amide bonds. The topological polar surface area (TPSA) is 134 Å². The van der Waals surface area contributed by atoms with Gasteiger partial charge in [0.05, 0.1) is 46.1 Å². The van der Waals surface area contributed by atoms with Crippen molar-refractivity contribution in [2.45, 2.75) is 31.5 Å². The number of benzene rings is 3. The first-order chi connectivity index (χ1) is 22.3. The summed E-state index contributed by atoms with van der Waals surface area (Å²) in [4.78, 5) is 41.8. The first kappa shape index (κ1) is 30.9. The first-order valence-electron chi connectivity index (χ1n) is 15.2. The van der Waals surface area contributed by atoms with Crippen LogP contribution in [-0.4, -0.2) is 82.4 Å². The average molecular weight is 632 g/mol. The first-order valence-corrected chi connectivity index (χ1v) is 15.2. The van der Waals surface area contributed by atoms with E-state index in [1.165, 1.54) is 21.3 Å². The summed E-state index contributed by atoms with van der Waals surface area (Å²) >= 11 is 0. The van der Waals surface area contributed by atoms with Gasteiger partial charge in [0.2, 0.25) is 5.75 Å². The third-order valence-electron chi connectivity index (χ3n) is 8.20. The summed E-state index contributed by atoms with van der Waals surface area (Å²) in [6, 6.07) is 14.9. The van der Waals surface area contributed by atoms with Gasteiger partial charge in [0.1, 0.15) is 23.4 Å². The summed E-state index contributed by atoms with van der Waals surface area (Å²) < 4.78 is 34.6. The lowest BCUT2D eigenvalue weighted by atomic mass is 10.1. The number of nitrogens with zero attached hydrogens (tertiary/aromatic N) is 1. The monoisotopic (exact) mass is 631 g/mol. The third kappa shape index (κ3) is 6.90. The van der Waals surface area contributed by atoms with Crippen LogP contribution in [0.25, 0.3) is 0 Å². The highest BCUT2D eigenvalue weighted by Crippen LogP contribution is 2.40. The quantitative estimate of drug-likeness (QED) is 0.403. The second-order valence-electron chi connectivity index (χ2n) is 11.5. The Labute approximate surface area is 266 Å². The van der Waals surface area contributed by atoms with E-state index in [0.29, 0.717) is 53.4 Å². The second kappa shape index (κ2) is 13.5. The fourth-order valence-corrected chi connectivity index (χ4v) is 5.52. The number of methoxy groups -OCH3 is 3. The van der Waals surface area contributed by atoms with Crippen molar-refractivity contribution in [2.24, 2.45) is 5.92 Å². The van der Waals surface area contributed by atoms with Crippen molar-refractivity contribution in [3.63, 3.8) is 0 Å².